The number of carbonyl (C=O) groups excluding carboxylic acids is 1. The van der Waals surface area contributed by atoms with E-state index in [0.29, 0.717) is 19.0 Å². The zero-order valence-corrected chi connectivity index (χ0v) is 10.9. The fourth-order valence-corrected chi connectivity index (χ4v) is 3.30. The van der Waals surface area contributed by atoms with E-state index >= 15 is 0 Å². The average molecular weight is 261 g/mol. The van der Waals surface area contributed by atoms with Crippen LogP contribution in [0.1, 0.15) is 18.5 Å². The highest BCUT2D eigenvalue weighted by Crippen LogP contribution is 2.32. The minimum Gasteiger partial charge on any atom is -0.395 e. The molecule has 3 heterocycles. The zero-order valence-electron chi connectivity index (χ0n) is 10.9. The standard InChI is InChI=1S/C14H19N3O2/c18-8-7-17-12-4-6-16(13(12)9-14(17)19)10-11-3-1-2-5-15-11/h1-3,5,12-13,18H,4,6-10H2. The lowest BCUT2D eigenvalue weighted by atomic mass is 10.1. The third kappa shape index (κ3) is 2.35. The molecule has 102 valence electrons. The van der Waals surface area contributed by atoms with Crippen molar-refractivity contribution in [3.8, 4) is 0 Å². The lowest BCUT2D eigenvalue weighted by Crippen LogP contribution is -2.38. The maximum Gasteiger partial charge on any atom is 0.224 e. The molecule has 1 aromatic rings. The topological polar surface area (TPSA) is 56.7 Å². The van der Waals surface area contributed by atoms with Crippen LogP contribution in [-0.2, 0) is 11.3 Å². The minimum atomic E-state index is 0.0508. The van der Waals surface area contributed by atoms with E-state index in [2.05, 4.69) is 9.88 Å². The predicted octanol–water partition coefficient (Wildman–Crippen LogP) is 0.249. The Hall–Kier alpha value is -1.46. The number of aliphatic hydroxyl groups excluding tert-OH is 1. The van der Waals surface area contributed by atoms with Crippen LogP contribution in [0.2, 0.25) is 0 Å². The molecule has 1 N–H and O–H groups in total. The summed E-state index contributed by atoms with van der Waals surface area (Å²) in [5.74, 6) is 0.176. The van der Waals surface area contributed by atoms with E-state index < -0.39 is 0 Å². The average Bonchev–Trinajstić information content (AvgIpc) is 2.93. The highest BCUT2D eigenvalue weighted by atomic mass is 16.3. The molecule has 0 spiro atoms. The van der Waals surface area contributed by atoms with Gasteiger partial charge in [0, 0.05) is 44.3 Å². The number of pyridine rings is 1. The monoisotopic (exact) mass is 261 g/mol. The van der Waals surface area contributed by atoms with Crippen LogP contribution >= 0.6 is 0 Å². The van der Waals surface area contributed by atoms with Crippen LogP contribution in [0.5, 0.6) is 0 Å². The number of amides is 1. The Balaban J connectivity index is 1.69. The summed E-state index contributed by atoms with van der Waals surface area (Å²) in [6.07, 6.45) is 3.39. The van der Waals surface area contributed by atoms with Crippen molar-refractivity contribution < 1.29 is 9.90 Å². The maximum absolute atomic E-state index is 11.9. The second-order valence-corrected chi connectivity index (χ2v) is 5.23. The Bertz CT molecular complexity index is 451. The molecule has 1 aromatic heterocycles. The number of nitrogens with zero attached hydrogens (tertiary/aromatic N) is 3. The van der Waals surface area contributed by atoms with E-state index in [1.165, 1.54) is 0 Å². The van der Waals surface area contributed by atoms with Gasteiger partial charge >= 0.3 is 0 Å². The lowest BCUT2D eigenvalue weighted by Gasteiger charge is -2.24. The van der Waals surface area contributed by atoms with Crippen molar-refractivity contribution in [1.82, 2.24) is 14.8 Å². The smallest absolute Gasteiger partial charge is 0.224 e. The van der Waals surface area contributed by atoms with E-state index in [0.717, 1.165) is 25.2 Å². The summed E-state index contributed by atoms with van der Waals surface area (Å²) in [4.78, 5) is 20.5. The van der Waals surface area contributed by atoms with Gasteiger partial charge in [-0.1, -0.05) is 6.07 Å². The summed E-state index contributed by atoms with van der Waals surface area (Å²) < 4.78 is 0. The van der Waals surface area contributed by atoms with Gasteiger partial charge in [0.05, 0.1) is 12.3 Å². The summed E-state index contributed by atoms with van der Waals surface area (Å²) in [5.41, 5.74) is 1.05. The Kier molecular flexibility index (Phi) is 3.48. The van der Waals surface area contributed by atoms with Crippen molar-refractivity contribution in [2.24, 2.45) is 0 Å². The molecule has 2 saturated heterocycles. The van der Waals surface area contributed by atoms with Crippen molar-refractivity contribution in [2.75, 3.05) is 19.7 Å². The first kappa shape index (κ1) is 12.6. The van der Waals surface area contributed by atoms with Crippen LogP contribution in [0.25, 0.3) is 0 Å². The molecule has 0 aliphatic carbocycles. The quantitative estimate of drug-likeness (QED) is 0.844. The Morgan fingerprint density at radius 1 is 1.37 bits per heavy atom. The van der Waals surface area contributed by atoms with Crippen LogP contribution < -0.4 is 0 Å². The van der Waals surface area contributed by atoms with Gasteiger partial charge in [-0.2, -0.15) is 0 Å². The number of β-amino-alcohol motifs (C(OH)–C–C–N with tert-alkyl or cyclic N) is 1. The summed E-state index contributed by atoms with van der Waals surface area (Å²) in [6, 6.07) is 6.51. The second-order valence-electron chi connectivity index (χ2n) is 5.23. The van der Waals surface area contributed by atoms with Crippen LogP contribution in [0, 0.1) is 0 Å². The largest absolute Gasteiger partial charge is 0.395 e. The maximum atomic E-state index is 11.9. The highest BCUT2D eigenvalue weighted by molar-refractivity contribution is 5.80. The molecule has 0 saturated carbocycles. The molecule has 0 aromatic carbocycles. The van der Waals surface area contributed by atoms with Crippen molar-refractivity contribution in [2.45, 2.75) is 31.5 Å². The van der Waals surface area contributed by atoms with E-state index in [1.54, 1.807) is 6.20 Å². The third-order valence-corrected chi connectivity index (χ3v) is 4.16. The summed E-state index contributed by atoms with van der Waals surface area (Å²) >= 11 is 0. The minimum absolute atomic E-state index is 0.0508. The number of rotatable bonds is 4. The first-order valence-corrected chi connectivity index (χ1v) is 6.84. The molecular formula is C14H19N3O2. The molecule has 5 nitrogen and oxygen atoms in total. The molecule has 0 bridgehead atoms. The Morgan fingerprint density at radius 2 is 2.26 bits per heavy atom. The van der Waals surface area contributed by atoms with Gasteiger partial charge in [-0.3, -0.25) is 14.7 Å². The van der Waals surface area contributed by atoms with Crippen molar-refractivity contribution in [1.29, 1.82) is 0 Å². The van der Waals surface area contributed by atoms with Crippen molar-refractivity contribution in [3.63, 3.8) is 0 Å². The Labute approximate surface area is 112 Å². The normalized spacial score (nSPS) is 27.0. The van der Waals surface area contributed by atoms with Gasteiger partial charge in [-0.15, -0.1) is 0 Å². The van der Waals surface area contributed by atoms with Crippen molar-refractivity contribution >= 4 is 5.91 Å². The van der Waals surface area contributed by atoms with Gasteiger partial charge < -0.3 is 10.0 Å². The zero-order chi connectivity index (χ0) is 13.2. The molecule has 2 aliphatic rings. The molecule has 2 unspecified atom stereocenters. The molecule has 3 rings (SSSR count). The van der Waals surface area contributed by atoms with Gasteiger partial charge in [0.1, 0.15) is 0 Å². The van der Waals surface area contributed by atoms with Gasteiger partial charge in [-0.05, 0) is 18.6 Å². The first-order valence-electron chi connectivity index (χ1n) is 6.84. The van der Waals surface area contributed by atoms with Crippen molar-refractivity contribution in [3.05, 3.63) is 30.1 Å². The lowest BCUT2D eigenvalue weighted by molar-refractivity contribution is -0.129. The molecule has 2 aliphatic heterocycles. The predicted molar refractivity (Wildman–Crippen MR) is 70.3 cm³/mol. The van der Waals surface area contributed by atoms with E-state index in [-0.39, 0.29) is 18.6 Å². The molecule has 2 atom stereocenters. The van der Waals surface area contributed by atoms with Crippen LogP contribution in [-0.4, -0.2) is 57.6 Å². The van der Waals surface area contributed by atoms with Gasteiger partial charge in [0.25, 0.3) is 0 Å². The fraction of sp³-hybridized carbons (Fsp3) is 0.571. The third-order valence-electron chi connectivity index (χ3n) is 4.16. The molecule has 19 heavy (non-hydrogen) atoms. The van der Waals surface area contributed by atoms with E-state index in [1.807, 2.05) is 23.1 Å². The second kappa shape index (κ2) is 5.27. The number of hydrogen-bond donors (Lipinski definition) is 1. The highest BCUT2D eigenvalue weighted by Gasteiger charge is 2.46. The number of likely N-dealkylation sites (tertiary alicyclic amines) is 2. The first-order chi connectivity index (χ1) is 9.29. The number of aromatic nitrogens is 1. The van der Waals surface area contributed by atoms with E-state index in [9.17, 15) is 4.79 Å². The summed E-state index contributed by atoms with van der Waals surface area (Å²) in [6.45, 7) is 2.33. The fourth-order valence-electron chi connectivity index (χ4n) is 3.30. The number of hydrogen-bond acceptors (Lipinski definition) is 4. The number of fused-ring (bicyclic) bond motifs is 1. The molecule has 5 heteroatoms. The SMILES string of the molecule is O=C1CC2C(CCN2Cc2ccccn2)N1CCO. The Morgan fingerprint density at radius 3 is 3.00 bits per heavy atom. The summed E-state index contributed by atoms with van der Waals surface area (Å²) in [7, 11) is 0. The van der Waals surface area contributed by atoms with Gasteiger partial charge in [0.15, 0.2) is 0 Å². The molecule has 2 fully saturated rings. The van der Waals surface area contributed by atoms with Crippen LogP contribution in [0.3, 0.4) is 0 Å². The number of carbonyl (C=O) groups is 1. The number of aliphatic hydroxyl groups is 1. The summed E-state index contributed by atoms with van der Waals surface area (Å²) in [5, 5.41) is 9.05. The molecular weight excluding hydrogens is 242 g/mol. The molecule has 1 amide bonds. The van der Waals surface area contributed by atoms with E-state index in [4.69, 9.17) is 5.11 Å². The van der Waals surface area contributed by atoms with Crippen LogP contribution in [0.15, 0.2) is 24.4 Å². The van der Waals surface area contributed by atoms with Crippen LogP contribution in [0.4, 0.5) is 0 Å². The van der Waals surface area contributed by atoms with Gasteiger partial charge in [0.2, 0.25) is 5.91 Å². The molecule has 0 radical (unpaired) electrons. The van der Waals surface area contributed by atoms with Gasteiger partial charge in [-0.25, -0.2) is 0 Å².